The normalized spacial score (nSPS) is 35.8. The van der Waals surface area contributed by atoms with E-state index >= 15 is 0 Å². The van der Waals surface area contributed by atoms with Crippen LogP contribution >= 0.6 is 0 Å². The Morgan fingerprint density at radius 3 is 3.06 bits per heavy atom. The SMILES string of the molecule is CC12CC(n3cc4cccnc4n3)(CCO1)C2. The average molecular weight is 229 g/mol. The first-order chi connectivity index (χ1) is 8.19. The smallest absolute Gasteiger partial charge is 0.181 e. The molecule has 3 aliphatic rings. The quantitative estimate of drug-likeness (QED) is 0.751. The fourth-order valence-electron chi connectivity index (χ4n) is 3.48. The molecule has 4 heterocycles. The molecule has 0 aromatic carbocycles. The van der Waals surface area contributed by atoms with Crippen molar-refractivity contribution in [3.63, 3.8) is 0 Å². The number of hydrogen-bond donors (Lipinski definition) is 0. The monoisotopic (exact) mass is 229 g/mol. The highest BCUT2D eigenvalue weighted by molar-refractivity contribution is 5.73. The lowest BCUT2D eigenvalue weighted by atomic mass is 9.62. The van der Waals surface area contributed by atoms with Gasteiger partial charge in [0, 0.05) is 37.2 Å². The fraction of sp³-hybridized carbons (Fsp3) is 0.538. The number of hydrogen-bond acceptors (Lipinski definition) is 3. The summed E-state index contributed by atoms with van der Waals surface area (Å²) in [5, 5.41) is 5.75. The lowest BCUT2D eigenvalue weighted by molar-refractivity contribution is -0.208. The zero-order chi connectivity index (χ0) is 11.5. The molecule has 2 aliphatic heterocycles. The minimum Gasteiger partial charge on any atom is -0.375 e. The van der Waals surface area contributed by atoms with Gasteiger partial charge in [-0.15, -0.1) is 0 Å². The van der Waals surface area contributed by atoms with Gasteiger partial charge in [0.25, 0.3) is 0 Å². The van der Waals surface area contributed by atoms with Gasteiger partial charge in [-0.05, 0) is 25.5 Å². The molecule has 0 N–H and O–H groups in total. The van der Waals surface area contributed by atoms with Gasteiger partial charge in [0.1, 0.15) is 0 Å². The lowest BCUT2D eigenvalue weighted by Gasteiger charge is -2.58. The molecule has 0 spiro atoms. The third-order valence-electron chi connectivity index (χ3n) is 4.19. The maximum absolute atomic E-state index is 5.80. The highest BCUT2D eigenvalue weighted by Crippen LogP contribution is 2.54. The van der Waals surface area contributed by atoms with E-state index in [2.05, 4.69) is 34.0 Å². The van der Waals surface area contributed by atoms with Gasteiger partial charge in [0.15, 0.2) is 5.65 Å². The Morgan fingerprint density at radius 2 is 2.29 bits per heavy atom. The van der Waals surface area contributed by atoms with Crippen molar-refractivity contribution < 1.29 is 4.74 Å². The molecule has 2 aromatic rings. The Bertz CT molecular complexity index is 550. The summed E-state index contributed by atoms with van der Waals surface area (Å²) in [4.78, 5) is 4.30. The molecule has 3 fully saturated rings. The molecule has 0 radical (unpaired) electrons. The number of aromatic nitrogens is 3. The number of fused-ring (bicyclic) bond motifs is 3. The van der Waals surface area contributed by atoms with Crippen LogP contribution in [0.3, 0.4) is 0 Å². The van der Waals surface area contributed by atoms with Crippen LogP contribution in [0.1, 0.15) is 26.2 Å². The van der Waals surface area contributed by atoms with Crippen LogP contribution in [0.4, 0.5) is 0 Å². The molecule has 0 amide bonds. The van der Waals surface area contributed by atoms with Crippen LogP contribution in [0, 0.1) is 0 Å². The Kier molecular flexibility index (Phi) is 1.62. The molecule has 88 valence electrons. The minimum absolute atomic E-state index is 0.0871. The van der Waals surface area contributed by atoms with E-state index in [1.165, 1.54) is 0 Å². The highest BCUT2D eigenvalue weighted by Gasteiger charge is 2.57. The Morgan fingerprint density at radius 1 is 1.41 bits per heavy atom. The molecule has 2 bridgehead atoms. The van der Waals surface area contributed by atoms with Crippen LogP contribution in [-0.4, -0.2) is 27.0 Å². The van der Waals surface area contributed by atoms with Crippen LogP contribution < -0.4 is 0 Å². The van der Waals surface area contributed by atoms with Crippen molar-refractivity contribution in [2.75, 3.05) is 6.61 Å². The zero-order valence-corrected chi connectivity index (χ0v) is 9.89. The third kappa shape index (κ3) is 1.21. The molecular formula is C13H15N3O. The second-order valence-corrected chi connectivity index (χ2v) is 5.62. The van der Waals surface area contributed by atoms with Crippen LogP contribution in [0.5, 0.6) is 0 Å². The topological polar surface area (TPSA) is 39.9 Å². The molecule has 2 aromatic heterocycles. The van der Waals surface area contributed by atoms with Crippen molar-refractivity contribution in [3.05, 3.63) is 24.5 Å². The molecule has 1 aliphatic carbocycles. The predicted molar refractivity (Wildman–Crippen MR) is 63.7 cm³/mol. The molecule has 0 unspecified atom stereocenters. The van der Waals surface area contributed by atoms with Gasteiger partial charge in [-0.1, -0.05) is 0 Å². The first-order valence-corrected chi connectivity index (χ1v) is 6.14. The molecule has 0 atom stereocenters. The summed E-state index contributed by atoms with van der Waals surface area (Å²) in [6.45, 7) is 3.05. The summed E-state index contributed by atoms with van der Waals surface area (Å²) in [5.74, 6) is 0. The van der Waals surface area contributed by atoms with Crippen molar-refractivity contribution in [2.45, 2.75) is 37.3 Å². The maximum atomic E-state index is 5.80. The fourth-order valence-corrected chi connectivity index (χ4v) is 3.48. The second kappa shape index (κ2) is 2.88. The van der Waals surface area contributed by atoms with Crippen molar-refractivity contribution in [2.24, 2.45) is 0 Å². The van der Waals surface area contributed by atoms with Crippen LogP contribution in [0.2, 0.25) is 0 Å². The summed E-state index contributed by atoms with van der Waals surface area (Å²) >= 11 is 0. The predicted octanol–water partition coefficient (Wildman–Crippen LogP) is 2.10. The highest BCUT2D eigenvalue weighted by atomic mass is 16.5. The summed E-state index contributed by atoms with van der Waals surface area (Å²) in [6.07, 6.45) is 7.15. The average Bonchev–Trinajstić information content (AvgIpc) is 2.71. The number of rotatable bonds is 1. The number of ether oxygens (including phenoxy) is 1. The first-order valence-electron chi connectivity index (χ1n) is 6.14. The lowest BCUT2D eigenvalue weighted by Crippen LogP contribution is -2.62. The molecule has 5 rings (SSSR count). The first kappa shape index (κ1) is 9.59. The van der Waals surface area contributed by atoms with Gasteiger partial charge < -0.3 is 4.74 Å². The maximum Gasteiger partial charge on any atom is 0.181 e. The minimum atomic E-state index is 0.0871. The third-order valence-corrected chi connectivity index (χ3v) is 4.19. The van der Waals surface area contributed by atoms with Crippen molar-refractivity contribution >= 4 is 11.0 Å². The van der Waals surface area contributed by atoms with Crippen LogP contribution in [-0.2, 0) is 10.3 Å². The second-order valence-electron chi connectivity index (χ2n) is 5.62. The van der Waals surface area contributed by atoms with Gasteiger partial charge in [0.05, 0.1) is 11.1 Å². The van der Waals surface area contributed by atoms with E-state index in [4.69, 9.17) is 4.74 Å². The van der Waals surface area contributed by atoms with Crippen molar-refractivity contribution in [1.82, 2.24) is 14.8 Å². The van der Waals surface area contributed by atoms with E-state index in [9.17, 15) is 0 Å². The number of pyridine rings is 1. The summed E-state index contributed by atoms with van der Waals surface area (Å²) < 4.78 is 7.93. The molecule has 17 heavy (non-hydrogen) atoms. The summed E-state index contributed by atoms with van der Waals surface area (Å²) in [5.41, 5.74) is 1.12. The van der Waals surface area contributed by atoms with Gasteiger partial charge in [0.2, 0.25) is 0 Å². The molecule has 4 heteroatoms. The van der Waals surface area contributed by atoms with Crippen molar-refractivity contribution in [3.8, 4) is 0 Å². The van der Waals surface area contributed by atoms with Gasteiger partial charge in [-0.25, -0.2) is 4.98 Å². The van der Waals surface area contributed by atoms with E-state index in [1.807, 2.05) is 6.07 Å². The van der Waals surface area contributed by atoms with Gasteiger partial charge in [-0.2, -0.15) is 5.10 Å². The molecule has 1 saturated carbocycles. The Hall–Kier alpha value is -1.42. The van der Waals surface area contributed by atoms with Crippen molar-refractivity contribution in [1.29, 1.82) is 0 Å². The molecule has 4 nitrogen and oxygen atoms in total. The van der Waals surface area contributed by atoms with E-state index in [0.29, 0.717) is 0 Å². The standard InChI is InChI=1S/C13H15N3O/c1-12-8-13(9-12,4-6-17-12)16-7-10-3-2-5-14-11(10)15-16/h2-3,5,7H,4,6,8-9H2,1H3. The van der Waals surface area contributed by atoms with E-state index in [-0.39, 0.29) is 11.1 Å². The zero-order valence-electron chi connectivity index (χ0n) is 9.89. The Labute approximate surface area is 99.6 Å². The molecule has 2 saturated heterocycles. The summed E-state index contributed by atoms with van der Waals surface area (Å²) in [7, 11) is 0. The van der Waals surface area contributed by atoms with Crippen LogP contribution in [0.25, 0.3) is 11.0 Å². The largest absolute Gasteiger partial charge is 0.375 e. The van der Waals surface area contributed by atoms with E-state index in [1.54, 1.807) is 6.20 Å². The Balaban J connectivity index is 1.80. The van der Waals surface area contributed by atoms with E-state index in [0.717, 1.165) is 36.9 Å². The molecular weight excluding hydrogens is 214 g/mol. The van der Waals surface area contributed by atoms with E-state index < -0.39 is 0 Å². The summed E-state index contributed by atoms with van der Waals surface area (Å²) in [6, 6.07) is 4.03. The van der Waals surface area contributed by atoms with Gasteiger partial charge in [-0.3, -0.25) is 4.68 Å². The van der Waals surface area contributed by atoms with Gasteiger partial charge >= 0.3 is 0 Å². The van der Waals surface area contributed by atoms with Crippen LogP contribution in [0.15, 0.2) is 24.5 Å². The number of nitrogens with zero attached hydrogens (tertiary/aromatic N) is 3.